The van der Waals surface area contributed by atoms with E-state index in [1.54, 1.807) is 30.5 Å². The van der Waals surface area contributed by atoms with Crippen LogP contribution in [0, 0.1) is 0 Å². The van der Waals surface area contributed by atoms with Gasteiger partial charge in [-0.05, 0) is 69.9 Å². The van der Waals surface area contributed by atoms with E-state index < -0.39 is 6.04 Å². The van der Waals surface area contributed by atoms with Gasteiger partial charge >= 0.3 is 0 Å². The van der Waals surface area contributed by atoms with Crippen LogP contribution in [0.2, 0.25) is 5.02 Å². The van der Waals surface area contributed by atoms with Gasteiger partial charge in [-0.25, -0.2) is 0 Å². The Morgan fingerprint density at radius 2 is 1.91 bits per heavy atom. The third-order valence-electron chi connectivity index (χ3n) is 7.01. The molecule has 0 spiro atoms. The molecule has 2 heterocycles. The van der Waals surface area contributed by atoms with E-state index in [2.05, 4.69) is 31.0 Å². The highest BCUT2D eigenvalue weighted by atomic mass is 35.5. The lowest BCUT2D eigenvalue weighted by Gasteiger charge is -2.19. The number of benzene rings is 3. The summed E-state index contributed by atoms with van der Waals surface area (Å²) in [4.78, 5) is 25.1. The number of hydrogen-bond donors (Lipinski definition) is 2. The molecular formula is C32H24ClN7O3. The summed E-state index contributed by atoms with van der Waals surface area (Å²) in [7, 11) is 0. The number of nitrogens with zero attached hydrogens (tertiary/aromatic N) is 6. The van der Waals surface area contributed by atoms with Gasteiger partial charge in [0.1, 0.15) is 12.1 Å². The molecule has 5 aromatic rings. The smallest absolute Gasteiger partial charge is 0.244 e. The maximum atomic E-state index is 13.3. The van der Waals surface area contributed by atoms with Gasteiger partial charge in [0.05, 0.1) is 23.6 Å². The van der Waals surface area contributed by atoms with Crippen LogP contribution in [0.1, 0.15) is 34.0 Å². The SMILES string of the molecule is O=C1C=C(O)c2cc(-c3cnnc([C@H](Cc4ccccc4)NC(=O)/C=C/c4cc(Cl)ccc4-n4cnnn4)c3)ccc2C1. The van der Waals surface area contributed by atoms with Crippen LogP contribution in [-0.4, -0.2) is 47.2 Å². The number of fused-ring (bicyclic) bond motifs is 1. The van der Waals surface area contributed by atoms with Crippen LogP contribution in [0.25, 0.3) is 28.6 Å². The number of aliphatic hydroxyl groups excluding tert-OH is 1. The first-order chi connectivity index (χ1) is 20.9. The van der Waals surface area contributed by atoms with Crippen LogP contribution in [0.4, 0.5) is 0 Å². The van der Waals surface area contributed by atoms with Gasteiger partial charge in [-0.2, -0.15) is 14.9 Å². The molecule has 1 amide bonds. The molecule has 0 unspecified atom stereocenters. The average molecular weight is 590 g/mol. The number of amides is 1. The largest absolute Gasteiger partial charge is 0.507 e. The Morgan fingerprint density at radius 1 is 1.05 bits per heavy atom. The third-order valence-corrected chi connectivity index (χ3v) is 7.25. The second-order valence-electron chi connectivity index (χ2n) is 9.96. The lowest BCUT2D eigenvalue weighted by Crippen LogP contribution is -2.29. The van der Waals surface area contributed by atoms with Gasteiger partial charge in [0.15, 0.2) is 5.78 Å². The number of nitrogens with one attached hydrogen (secondary N) is 1. The van der Waals surface area contributed by atoms with E-state index >= 15 is 0 Å². The molecule has 6 rings (SSSR count). The van der Waals surface area contributed by atoms with E-state index in [1.807, 2.05) is 54.6 Å². The molecule has 1 aliphatic carbocycles. The zero-order valence-corrected chi connectivity index (χ0v) is 23.4. The minimum absolute atomic E-state index is 0.0562. The number of carbonyl (C=O) groups excluding carboxylic acids is 2. The van der Waals surface area contributed by atoms with Crippen molar-refractivity contribution in [2.24, 2.45) is 0 Å². The van der Waals surface area contributed by atoms with Crippen LogP contribution in [0.5, 0.6) is 0 Å². The Bertz CT molecular complexity index is 1870. The molecule has 212 valence electrons. The number of aromatic nitrogens is 6. The van der Waals surface area contributed by atoms with E-state index in [1.165, 1.54) is 23.2 Å². The Morgan fingerprint density at radius 3 is 2.72 bits per heavy atom. The van der Waals surface area contributed by atoms with Crippen molar-refractivity contribution in [3.63, 3.8) is 0 Å². The first kappa shape index (κ1) is 27.7. The van der Waals surface area contributed by atoms with E-state index in [9.17, 15) is 14.7 Å². The standard InChI is InChI=1S/C32H24ClN7O3/c33-25-9-10-30(40-19-35-38-39-40)23(13-25)8-11-32(43)36-28(12-20-4-2-1-3-5-20)29-16-24(18-34-37-29)21-6-7-22-14-26(41)17-31(42)27(22)15-21/h1-11,13,15-19,28,42H,12,14H2,(H,36,43)/b11-8+/t28-/m0/s1. The van der Waals surface area contributed by atoms with Crippen LogP contribution in [-0.2, 0) is 22.4 Å². The molecule has 10 nitrogen and oxygen atoms in total. The molecule has 1 aliphatic rings. The van der Waals surface area contributed by atoms with Gasteiger partial charge in [-0.3, -0.25) is 9.59 Å². The normalized spacial score (nSPS) is 13.4. The maximum absolute atomic E-state index is 13.3. The van der Waals surface area contributed by atoms with Crippen molar-refractivity contribution in [3.05, 3.63) is 130 Å². The predicted octanol–water partition coefficient (Wildman–Crippen LogP) is 4.91. The maximum Gasteiger partial charge on any atom is 0.244 e. The second kappa shape index (κ2) is 12.2. The topological polar surface area (TPSA) is 136 Å². The molecule has 0 aliphatic heterocycles. The highest BCUT2D eigenvalue weighted by molar-refractivity contribution is 6.30. The van der Waals surface area contributed by atoms with Gasteiger partial charge in [0.25, 0.3) is 0 Å². The van der Waals surface area contributed by atoms with Gasteiger partial charge in [-0.15, -0.1) is 5.10 Å². The lowest BCUT2D eigenvalue weighted by atomic mass is 9.91. The summed E-state index contributed by atoms with van der Waals surface area (Å²) in [5, 5.41) is 33.8. The predicted molar refractivity (Wildman–Crippen MR) is 161 cm³/mol. The summed E-state index contributed by atoms with van der Waals surface area (Å²) in [5.74, 6) is -0.537. The molecule has 0 fully saturated rings. The van der Waals surface area contributed by atoms with Crippen LogP contribution in [0.3, 0.4) is 0 Å². The van der Waals surface area contributed by atoms with Crippen LogP contribution in [0.15, 0.2) is 97.5 Å². The molecule has 11 heteroatoms. The Labute approximate surface area is 251 Å². The van der Waals surface area contributed by atoms with E-state index in [-0.39, 0.29) is 23.9 Å². The molecule has 3 aromatic carbocycles. The van der Waals surface area contributed by atoms with Crippen molar-refractivity contribution < 1.29 is 14.7 Å². The third kappa shape index (κ3) is 6.39. The van der Waals surface area contributed by atoms with Gasteiger partial charge < -0.3 is 10.4 Å². The highest BCUT2D eigenvalue weighted by Crippen LogP contribution is 2.30. The summed E-state index contributed by atoms with van der Waals surface area (Å²) in [6.45, 7) is 0. The Balaban J connectivity index is 1.29. The molecular weight excluding hydrogens is 566 g/mol. The zero-order valence-electron chi connectivity index (χ0n) is 22.6. The number of hydrogen-bond acceptors (Lipinski definition) is 8. The summed E-state index contributed by atoms with van der Waals surface area (Å²) in [5.41, 5.74) is 5.81. The summed E-state index contributed by atoms with van der Waals surface area (Å²) in [6, 6.07) is 21.9. The van der Waals surface area contributed by atoms with Gasteiger partial charge in [0.2, 0.25) is 5.91 Å². The van der Waals surface area contributed by atoms with Gasteiger partial charge in [0, 0.05) is 40.3 Å². The first-order valence-corrected chi connectivity index (χ1v) is 13.8. The van der Waals surface area contributed by atoms with Crippen molar-refractivity contribution in [2.45, 2.75) is 18.9 Å². The summed E-state index contributed by atoms with van der Waals surface area (Å²) >= 11 is 6.22. The van der Waals surface area contributed by atoms with Crippen LogP contribution >= 0.6 is 11.6 Å². The minimum Gasteiger partial charge on any atom is -0.507 e. The number of halogens is 1. The van der Waals surface area contributed by atoms with Crippen molar-refractivity contribution >= 4 is 35.1 Å². The average Bonchev–Trinajstić information content (AvgIpc) is 3.55. The van der Waals surface area contributed by atoms with Crippen molar-refractivity contribution in [2.75, 3.05) is 0 Å². The number of aliphatic hydroxyl groups is 1. The zero-order chi connectivity index (χ0) is 29.8. The van der Waals surface area contributed by atoms with Crippen molar-refractivity contribution in [1.29, 1.82) is 0 Å². The minimum atomic E-state index is -0.506. The Hall–Kier alpha value is -5.48. The molecule has 0 radical (unpaired) electrons. The molecule has 0 saturated carbocycles. The Kier molecular flexibility index (Phi) is 7.84. The monoisotopic (exact) mass is 589 g/mol. The molecule has 0 saturated heterocycles. The lowest BCUT2D eigenvalue weighted by molar-refractivity contribution is -0.117. The summed E-state index contributed by atoms with van der Waals surface area (Å²) in [6.07, 6.45) is 8.12. The molecule has 2 aromatic heterocycles. The van der Waals surface area contributed by atoms with Crippen molar-refractivity contribution in [1.82, 2.24) is 35.7 Å². The van der Waals surface area contributed by atoms with Crippen molar-refractivity contribution in [3.8, 4) is 16.8 Å². The fraction of sp³-hybridized carbons (Fsp3) is 0.0938. The van der Waals surface area contributed by atoms with Crippen LogP contribution < -0.4 is 5.32 Å². The molecule has 0 bridgehead atoms. The number of carbonyl (C=O) groups is 2. The number of ketones is 1. The number of allylic oxidation sites excluding steroid dienone is 1. The molecule has 2 N–H and O–H groups in total. The quantitative estimate of drug-likeness (QED) is 0.244. The summed E-state index contributed by atoms with van der Waals surface area (Å²) < 4.78 is 1.49. The number of rotatable bonds is 8. The molecule has 43 heavy (non-hydrogen) atoms. The van der Waals surface area contributed by atoms with Gasteiger partial charge in [-0.1, -0.05) is 54.1 Å². The fourth-order valence-corrected chi connectivity index (χ4v) is 5.11. The second-order valence-corrected chi connectivity index (χ2v) is 10.4. The van der Waals surface area contributed by atoms with E-state index in [0.717, 1.165) is 22.3 Å². The fourth-order valence-electron chi connectivity index (χ4n) is 4.93. The first-order valence-electron chi connectivity index (χ1n) is 13.4. The number of tetrazole rings is 1. The van der Waals surface area contributed by atoms with E-state index in [0.29, 0.717) is 34.0 Å². The van der Waals surface area contributed by atoms with E-state index in [4.69, 9.17) is 11.6 Å². The highest BCUT2D eigenvalue weighted by Gasteiger charge is 2.20. The molecule has 1 atom stereocenters.